The second-order valence-corrected chi connectivity index (χ2v) is 2.90. The smallest absolute Gasteiger partial charge is 0.287 e. The van der Waals surface area contributed by atoms with Crippen LogP contribution in [0.4, 0.5) is 0 Å². The molecular formula is C11H8N2O3. The number of amides is 2. The van der Waals surface area contributed by atoms with Crippen molar-refractivity contribution in [3.8, 4) is 0 Å². The molecule has 5 nitrogen and oxygen atoms in total. The molecule has 0 aliphatic carbocycles. The molecular weight excluding hydrogens is 208 g/mol. The van der Waals surface area contributed by atoms with Gasteiger partial charge in [-0.1, -0.05) is 24.8 Å². The minimum atomic E-state index is -0.844. The number of isocyanates is 1. The number of hydrogen-bond acceptors (Lipinski definition) is 3. The summed E-state index contributed by atoms with van der Waals surface area (Å²) in [4.78, 5) is 35.1. The quantitative estimate of drug-likeness (QED) is 0.457. The summed E-state index contributed by atoms with van der Waals surface area (Å²) in [5.41, 5.74) is 5.47. The van der Waals surface area contributed by atoms with Crippen molar-refractivity contribution in [3.05, 3.63) is 42.0 Å². The molecule has 0 saturated heterocycles. The lowest BCUT2D eigenvalue weighted by molar-refractivity contribution is -0.112. The maximum absolute atomic E-state index is 11.2. The highest BCUT2D eigenvalue weighted by atomic mass is 16.2. The average molecular weight is 216 g/mol. The van der Waals surface area contributed by atoms with E-state index in [9.17, 15) is 14.4 Å². The van der Waals surface area contributed by atoms with E-state index in [1.54, 1.807) is 12.1 Å². The standard InChI is InChI=1S/C11H8N2O3/c1-7(11(16)13-6-14)8-4-2-3-5-9(8)10(12)15/h2-5H,1H2,(H2,12,15). The minimum absolute atomic E-state index is 0.0715. The number of hydrogen-bond donors (Lipinski definition) is 1. The Kier molecular flexibility index (Phi) is 3.48. The number of carbonyl (C=O) groups is 2. The molecule has 2 amide bonds. The minimum Gasteiger partial charge on any atom is -0.366 e. The fourth-order valence-corrected chi connectivity index (χ4v) is 1.19. The fourth-order valence-electron chi connectivity index (χ4n) is 1.19. The molecule has 80 valence electrons. The third-order valence-corrected chi connectivity index (χ3v) is 1.92. The lowest BCUT2D eigenvalue weighted by Crippen LogP contribution is -2.14. The van der Waals surface area contributed by atoms with E-state index in [0.29, 0.717) is 0 Å². The second-order valence-electron chi connectivity index (χ2n) is 2.90. The van der Waals surface area contributed by atoms with Crippen molar-refractivity contribution < 1.29 is 14.4 Å². The monoisotopic (exact) mass is 216 g/mol. The predicted molar refractivity (Wildman–Crippen MR) is 57.1 cm³/mol. The van der Waals surface area contributed by atoms with Crippen molar-refractivity contribution in [2.75, 3.05) is 0 Å². The van der Waals surface area contributed by atoms with Gasteiger partial charge in [-0.15, -0.1) is 4.99 Å². The van der Waals surface area contributed by atoms with E-state index >= 15 is 0 Å². The zero-order valence-corrected chi connectivity index (χ0v) is 8.27. The van der Waals surface area contributed by atoms with Crippen LogP contribution in [0.2, 0.25) is 0 Å². The highest BCUT2D eigenvalue weighted by Crippen LogP contribution is 2.18. The van der Waals surface area contributed by atoms with Gasteiger partial charge in [0.25, 0.3) is 5.91 Å². The van der Waals surface area contributed by atoms with Gasteiger partial charge in [-0.2, -0.15) is 0 Å². The van der Waals surface area contributed by atoms with E-state index in [-0.39, 0.29) is 16.7 Å². The van der Waals surface area contributed by atoms with E-state index in [4.69, 9.17) is 5.73 Å². The molecule has 1 rings (SSSR count). The largest absolute Gasteiger partial charge is 0.366 e. The molecule has 0 saturated carbocycles. The summed E-state index contributed by atoms with van der Waals surface area (Å²) in [5.74, 6) is -1.52. The van der Waals surface area contributed by atoms with E-state index < -0.39 is 11.8 Å². The summed E-state index contributed by atoms with van der Waals surface area (Å²) < 4.78 is 0. The number of nitrogens with zero attached hydrogens (tertiary/aromatic N) is 1. The van der Waals surface area contributed by atoms with E-state index in [1.807, 2.05) is 0 Å². The SMILES string of the molecule is C=C(C(=O)N=C=O)c1ccccc1C(N)=O. The molecule has 2 N–H and O–H groups in total. The van der Waals surface area contributed by atoms with Crippen LogP contribution in [0.25, 0.3) is 5.57 Å². The summed E-state index contributed by atoms with van der Waals surface area (Å²) in [6.45, 7) is 3.46. The maximum atomic E-state index is 11.2. The van der Waals surface area contributed by atoms with Gasteiger partial charge in [0, 0.05) is 11.1 Å². The molecule has 16 heavy (non-hydrogen) atoms. The summed E-state index contributed by atoms with van der Waals surface area (Å²) in [6, 6.07) is 6.18. The summed E-state index contributed by atoms with van der Waals surface area (Å²) >= 11 is 0. The van der Waals surface area contributed by atoms with Crippen molar-refractivity contribution in [1.29, 1.82) is 0 Å². The normalized spacial score (nSPS) is 9.00. The molecule has 0 aromatic heterocycles. The topological polar surface area (TPSA) is 89.6 Å². The van der Waals surface area contributed by atoms with Crippen molar-refractivity contribution in [3.63, 3.8) is 0 Å². The van der Waals surface area contributed by atoms with Gasteiger partial charge in [0.1, 0.15) is 0 Å². The summed E-state index contributed by atoms with van der Waals surface area (Å²) in [5, 5.41) is 0. The number of nitrogens with two attached hydrogens (primary N) is 1. The Morgan fingerprint density at radius 3 is 2.31 bits per heavy atom. The Morgan fingerprint density at radius 2 is 1.81 bits per heavy atom. The first-order valence-electron chi connectivity index (χ1n) is 4.28. The maximum Gasteiger partial charge on any atom is 0.287 e. The van der Waals surface area contributed by atoms with Crippen molar-refractivity contribution in [2.24, 2.45) is 10.7 Å². The molecule has 5 heteroatoms. The van der Waals surface area contributed by atoms with Gasteiger partial charge >= 0.3 is 0 Å². The second kappa shape index (κ2) is 4.82. The third kappa shape index (κ3) is 2.29. The highest BCUT2D eigenvalue weighted by Gasteiger charge is 2.14. The predicted octanol–water partition coefficient (Wildman–Crippen LogP) is 0.661. The summed E-state index contributed by atoms with van der Waals surface area (Å²) in [6.07, 6.45) is 1.12. The molecule has 0 unspecified atom stereocenters. The number of carbonyl (C=O) groups excluding carboxylic acids is 3. The van der Waals surface area contributed by atoms with Crippen LogP contribution < -0.4 is 5.73 Å². The van der Waals surface area contributed by atoms with Crippen LogP contribution in [0.5, 0.6) is 0 Å². The molecule has 0 aliphatic rings. The molecule has 0 atom stereocenters. The molecule has 0 radical (unpaired) electrons. The lowest BCUT2D eigenvalue weighted by Gasteiger charge is -2.05. The Morgan fingerprint density at radius 1 is 1.25 bits per heavy atom. The first kappa shape index (κ1) is 11.6. The first-order chi connectivity index (χ1) is 7.57. The van der Waals surface area contributed by atoms with Crippen LogP contribution in [0.15, 0.2) is 35.8 Å². The number of benzene rings is 1. The van der Waals surface area contributed by atoms with Crippen LogP contribution in [0, 0.1) is 0 Å². The fraction of sp³-hybridized carbons (Fsp3) is 0. The zero-order valence-electron chi connectivity index (χ0n) is 8.27. The van der Waals surface area contributed by atoms with Crippen LogP contribution in [-0.4, -0.2) is 17.9 Å². The number of rotatable bonds is 3. The molecule has 1 aromatic rings. The van der Waals surface area contributed by atoms with Crippen LogP contribution in [0.1, 0.15) is 15.9 Å². The molecule has 0 heterocycles. The third-order valence-electron chi connectivity index (χ3n) is 1.92. The lowest BCUT2D eigenvalue weighted by atomic mass is 10.00. The molecule has 0 spiro atoms. The first-order valence-corrected chi connectivity index (χ1v) is 4.28. The van der Waals surface area contributed by atoms with E-state index in [0.717, 1.165) is 6.08 Å². The van der Waals surface area contributed by atoms with Crippen LogP contribution >= 0.6 is 0 Å². The Balaban J connectivity index is 3.23. The molecule has 0 aliphatic heterocycles. The van der Waals surface area contributed by atoms with E-state index in [2.05, 4.69) is 11.6 Å². The van der Waals surface area contributed by atoms with Gasteiger partial charge in [-0.05, 0) is 11.6 Å². The molecule has 0 bridgehead atoms. The Labute approximate surface area is 91.3 Å². The Bertz CT molecular complexity index is 514. The van der Waals surface area contributed by atoms with Crippen molar-refractivity contribution >= 4 is 23.5 Å². The zero-order chi connectivity index (χ0) is 12.1. The summed E-state index contributed by atoms with van der Waals surface area (Å²) in [7, 11) is 0. The molecule has 1 aromatic carbocycles. The van der Waals surface area contributed by atoms with Gasteiger partial charge < -0.3 is 5.73 Å². The van der Waals surface area contributed by atoms with Gasteiger partial charge in [-0.3, -0.25) is 9.59 Å². The highest BCUT2D eigenvalue weighted by molar-refractivity contribution is 6.22. The van der Waals surface area contributed by atoms with Gasteiger partial charge in [0.15, 0.2) is 0 Å². The average Bonchev–Trinajstić information content (AvgIpc) is 2.28. The van der Waals surface area contributed by atoms with Gasteiger partial charge in [0.05, 0.1) is 0 Å². The number of primary amides is 1. The van der Waals surface area contributed by atoms with Crippen LogP contribution in [0.3, 0.4) is 0 Å². The van der Waals surface area contributed by atoms with Crippen LogP contribution in [-0.2, 0) is 9.59 Å². The molecule has 0 fully saturated rings. The van der Waals surface area contributed by atoms with Gasteiger partial charge in [-0.25, -0.2) is 4.79 Å². The van der Waals surface area contributed by atoms with E-state index in [1.165, 1.54) is 12.1 Å². The van der Waals surface area contributed by atoms with Crippen molar-refractivity contribution in [1.82, 2.24) is 0 Å². The van der Waals surface area contributed by atoms with Crippen molar-refractivity contribution in [2.45, 2.75) is 0 Å². The van der Waals surface area contributed by atoms with Gasteiger partial charge in [0.2, 0.25) is 12.0 Å². The number of aliphatic imine (C=N–C) groups is 1. The Hall–Kier alpha value is -2.52.